The van der Waals surface area contributed by atoms with Crippen molar-refractivity contribution in [2.75, 3.05) is 33.2 Å². The Morgan fingerprint density at radius 2 is 1.93 bits per heavy atom. The van der Waals surface area contributed by atoms with Crippen molar-refractivity contribution >= 4 is 0 Å². The SMILES string of the molecule is CC(C)N1CCC(N(C)CCCN)CC1. The molecule has 1 aliphatic heterocycles. The molecule has 3 heteroatoms. The van der Waals surface area contributed by atoms with Gasteiger partial charge in [-0.3, -0.25) is 0 Å². The van der Waals surface area contributed by atoms with Gasteiger partial charge in [0.2, 0.25) is 0 Å². The van der Waals surface area contributed by atoms with Gasteiger partial charge in [0.25, 0.3) is 0 Å². The van der Waals surface area contributed by atoms with Crippen LogP contribution in [-0.4, -0.2) is 55.1 Å². The van der Waals surface area contributed by atoms with Gasteiger partial charge in [-0.2, -0.15) is 0 Å². The number of piperidine rings is 1. The molecule has 1 heterocycles. The first kappa shape index (κ1) is 12.9. The monoisotopic (exact) mass is 213 g/mol. The number of nitrogens with zero attached hydrogens (tertiary/aromatic N) is 2. The van der Waals surface area contributed by atoms with Crippen LogP contribution in [0.2, 0.25) is 0 Å². The highest BCUT2D eigenvalue weighted by atomic mass is 15.2. The normalized spacial score (nSPS) is 20.4. The van der Waals surface area contributed by atoms with E-state index in [1.807, 2.05) is 0 Å². The fraction of sp³-hybridized carbons (Fsp3) is 1.00. The molecule has 0 unspecified atom stereocenters. The first-order chi connectivity index (χ1) is 7.15. The molecule has 1 saturated heterocycles. The van der Waals surface area contributed by atoms with Gasteiger partial charge in [0.05, 0.1) is 0 Å². The summed E-state index contributed by atoms with van der Waals surface area (Å²) in [5.41, 5.74) is 5.53. The molecule has 0 radical (unpaired) electrons. The van der Waals surface area contributed by atoms with Gasteiger partial charge in [-0.15, -0.1) is 0 Å². The van der Waals surface area contributed by atoms with Gasteiger partial charge in [-0.25, -0.2) is 0 Å². The zero-order valence-electron chi connectivity index (χ0n) is 10.6. The zero-order valence-corrected chi connectivity index (χ0v) is 10.6. The molecule has 0 amide bonds. The molecule has 2 N–H and O–H groups in total. The Balaban J connectivity index is 2.24. The molecule has 1 fully saturated rings. The second kappa shape index (κ2) is 6.46. The number of nitrogens with two attached hydrogens (primary N) is 1. The largest absolute Gasteiger partial charge is 0.330 e. The van der Waals surface area contributed by atoms with E-state index < -0.39 is 0 Å². The molecule has 0 bridgehead atoms. The van der Waals surface area contributed by atoms with E-state index in [4.69, 9.17) is 5.73 Å². The minimum Gasteiger partial charge on any atom is -0.330 e. The molecular weight excluding hydrogens is 186 g/mol. The lowest BCUT2D eigenvalue weighted by atomic mass is 10.0. The van der Waals surface area contributed by atoms with E-state index in [2.05, 4.69) is 30.7 Å². The van der Waals surface area contributed by atoms with Gasteiger partial charge in [-0.1, -0.05) is 0 Å². The van der Waals surface area contributed by atoms with Crippen LogP contribution < -0.4 is 5.73 Å². The molecule has 15 heavy (non-hydrogen) atoms. The van der Waals surface area contributed by atoms with Crippen LogP contribution in [0, 0.1) is 0 Å². The third-order valence-electron chi connectivity index (χ3n) is 3.57. The summed E-state index contributed by atoms with van der Waals surface area (Å²) in [6.07, 6.45) is 3.76. The number of rotatable bonds is 5. The summed E-state index contributed by atoms with van der Waals surface area (Å²) < 4.78 is 0. The zero-order chi connectivity index (χ0) is 11.3. The summed E-state index contributed by atoms with van der Waals surface area (Å²) in [5, 5.41) is 0. The molecular formula is C12H27N3. The van der Waals surface area contributed by atoms with Crippen LogP contribution >= 0.6 is 0 Å². The van der Waals surface area contributed by atoms with Crippen molar-refractivity contribution in [3.05, 3.63) is 0 Å². The smallest absolute Gasteiger partial charge is 0.0117 e. The van der Waals surface area contributed by atoms with Crippen LogP contribution in [0.4, 0.5) is 0 Å². The third-order valence-corrected chi connectivity index (χ3v) is 3.57. The van der Waals surface area contributed by atoms with Gasteiger partial charge in [0.1, 0.15) is 0 Å². The lowest BCUT2D eigenvalue weighted by molar-refractivity contribution is 0.107. The van der Waals surface area contributed by atoms with Crippen molar-refractivity contribution in [1.82, 2.24) is 9.80 Å². The maximum absolute atomic E-state index is 5.53. The van der Waals surface area contributed by atoms with Gasteiger partial charge < -0.3 is 15.5 Å². The van der Waals surface area contributed by atoms with E-state index in [1.165, 1.54) is 25.9 Å². The van der Waals surface area contributed by atoms with Crippen LogP contribution in [0.25, 0.3) is 0 Å². The molecule has 0 spiro atoms. The fourth-order valence-electron chi connectivity index (χ4n) is 2.37. The van der Waals surface area contributed by atoms with Gasteiger partial charge in [0, 0.05) is 12.1 Å². The molecule has 90 valence electrons. The molecule has 0 aliphatic carbocycles. The standard InChI is InChI=1S/C12H27N3/c1-11(2)15-9-5-12(6-10-15)14(3)8-4-7-13/h11-12H,4-10,13H2,1-3H3. The summed E-state index contributed by atoms with van der Waals surface area (Å²) in [6, 6.07) is 1.49. The Bertz CT molecular complexity index is 162. The number of likely N-dealkylation sites (tertiary alicyclic amines) is 1. The predicted molar refractivity (Wildman–Crippen MR) is 66.0 cm³/mol. The topological polar surface area (TPSA) is 32.5 Å². The highest BCUT2D eigenvalue weighted by Crippen LogP contribution is 2.17. The van der Waals surface area contributed by atoms with E-state index in [-0.39, 0.29) is 0 Å². The molecule has 1 aliphatic rings. The minimum absolute atomic E-state index is 0.709. The Kier molecular flexibility index (Phi) is 5.58. The van der Waals surface area contributed by atoms with Gasteiger partial charge in [-0.05, 0) is 66.3 Å². The average Bonchev–Trinajstić information content (AvgIpc) is 2.26. The highest BCUT2D eigenvalue weighted by molar-refractivity contribution is 4.79. The van der Waals surface area contributed by atoms with Gasteiger partial charge >= 0.3 is 0 Å². The van der Waals surface area contributed by atoms with Crippen molar-refractivity contribution < 1.29 is 0 Å². The molecule has 0 saturated carbocycles. The molecule has 0 aromatic heterocycles. The predicted octanol–water partition coefficient (Wildman–Crippen LogP) is 1.14. The summed E-state index contributed by atoms with van der Waals surface area (Å²) >= 11 is 0. The van der Waals surface area contributed by atoms with Crippen LogP contribution in [0.1, 0.15) is 33.1 Å². The van der Waals surface area contributed by atoms with E-state index in [1.54, 1.807) is 0 Å². The summed E-state index contributed by atoms with van der Waals surface area (Å²) in [7, 11) is 2.24. The highest BCUT2D eigenvalue weighted by Gasteiger charge is 2.22. The summed E-state index contributed by atoms with van der Waals surface area (Å²) in [4.78, 5) is 5.07. The Labute approximate surface area is 94.6 Å². The van der Waals surface area contributed by atoms with Crippen molar-refractivity contribution in [1.29, 1.82) is 0 Å². The lowest BCUT2D eigenvalue weighted by Crippen LogP contribution is -2.46. The Hall–Kier alpha value is -0.120. The van der Waals surface area contributed by atoms with E-state index in [0.29, 0.717) is 6.04 Å². The van der Waals surface area contributed by atoms with Crippen molar-refractivity contribution in [3.8, 4) is 0 Å². The van der Waals surface area contributed by atoms with E-state index in [0.717, 1.165) is 25.6 Å². The van der Waals surface area contributed by atoms with Crippen LogP contribution in [0.5, 0.6) is 0 Å². The van der Waals surface area contributed by atoms with Gasteiger partial charge in [0.15, 0.2) is 0 Å². The second-order valence-corrected chi connectivity index (χ2v) is 4.98. The first-order valence-corrected chi connectivity index (χ1v) is 6.29. The third kappa shape index (κ3) is 4.09. The molecule has 0 aromatic carbocycles. The summed E-state index contributed by atoms with van der Waals surface area (Å²) in [6.45, 7) is 9.07. The lowest BCUT2D eigenvalue weighted by Gasteiger charge is -2.38. The van der Waals surface area contributed by atoms with Crippen LogP contribution in [0.15, 0.2) is 0 Å². The van der Waals surface area contributed by atoms with Crippen LogP contribution in [-0.2, 0) is 0 Å². The Morgan fingerprint density at radius 1 is 1.33 bits per heavy atom. The number of hydrogen-bond donors (Lipinski definition) is 1. The van der Waals surface area contributed by atoms with Crippen LogP contribution in [0.3, 0.4) is 0 Å². The van der Waals surface area contributed by atoms with Crippen molar-refractivity contribution in [2.24, 2.45) is 5.73 Å². The van der Waals surface area contributed by atoms with Crippen molar-refractivity contribution in [3.63, 3.8) is 0 Å². The van der Waals surface area contributed by atoms with Crippen molar-refractivity contribution in [2.45, 2.75) is 45.2 Å². The molecule has 1 rings (SSSR count). The summed E-state index contributed by atoms with van der Waals surface area (Å²) in [5.74, 6) is 0. The second-order valence-electron chi connectivity index (χ2n) is 4.98. The Morgan fingerprint density at radius 3 is 2.40 bits per heavy atom. The molecule has 3 nitrogen and oxygen atoms in total. The molecule has 0 atom stereocenters. The quantitative estimate of drug-likeness (QED) is 0.743. The number of hydrogen-bond acceptors (Lipinski definition) is 3. The maximum atomic E-state index is 5.53. The minimum atomic E-state index is 0.709. The van der Waals surface area contributed by atoms with E-state index in [9.17, 15) is 0 Å². The average molecular weight is 213 g/mol. The maximum Gasteiger partial charge on any atom is 0.0117 e. The van der Waals surface area contributed by atoms with E-state index >= 15 is 0 Å². The first-order valence-electron chi connectivity index (χ1n) is 6.29. The fourth-order valence-corrected chi connectivity index (χ4v) is 2.37. The molecule has 0 aromatic rings.